The molecule has 1 aromatic rings. The van der Waals surface area contributed by atoms with Crippen LogP contribution >= 0.6 is 0 Å². The van der Waals surface area contributed by atoms with Gasteiger partial charge < -0.3 is 19.5 Å². The van der Waals surface area contributed by atoms with Crippen molar-refractivity contribution in [3.63, 3.8) is 0 Å². The van der Waals surface area contributed by atoms with E-state index >= 15 is 0 Å². The summed E-state index contributed by atoms with van der Waals surface area (Å²) in [4.78, 5) is 14.8. The van der Waals surface area contributed by atoms with Gasteiger partial charge in [-0.2, -0.15) is 0 Å². The molecule has 8 heteroatoms. The summed E-state index contributed by atoms with van der Waals surface area (Å²) in [6, 6.07) is 1.10. The molecule has 1 aliphatic heterocycles. The average Bonchev–Trinajstić information content (AvgIpc) is 2.66. The number of carbonyl (C=O) groups is 1. The summed E-state index contributed by atoms with van der Waals surface area (Å²) in [5, 5.41) is 18.5. The Kier molecular flexibility index (Phi) is 4.61. The standard InChI is InChI=1S/C15H19BFNO5/c1-14(2)15(3,4)23-16(22-14)9(8-19)5-10-6-11(13(20)21)12(17)7-18-10/h5-7,19H,8H2,1-4H3,(H,20,21). The highest BCUT2D eigenvalue weighted by Gasteiger charge is 2.52. The summed E-state index contributed by atoms with van der Waals surface area (Å²) in [6.45, 7) is 7.14. The molecular formula is C15H19BFNO5. The normalized spacial score (nSPS) is 19.9. The Morgan fingerprint density at radius 3 is 2.39 bits per heavy atom. The number of hydrogen-bond donors (Lipinski definition) is 2. The molecule has 124 valence electrons. The molecule has 0 unspecified atom stereocenters. The first-order valence-electron chi connectivity index (χ1n) is 7.13. The lowest BCUT2D eigenvalue weighted by molar-refractivity contribution is 0.00578. The number of aromatic carboxylic acids is 1. The van der Waals surface area contributed by atoms with Crippen LogP contribution in [0.3, 0.4) is 0 Å². The zero-order valence-corrected chi connectivity index (χ0v) is 13.5. The Bertz CT molecular complexity index is 643. The van der Waals surface area contributed by atoms with Crippen LogP contribution < -0.4 is 0 Å². The molecule has 0 aliphatic carbocycles. The number of aromatic nitrogens is 1. The maximum atomic E-state index is 13.4. The fraction of sp³-hybridized carbons (Fsp3) is 0.467. The van der Waals surface area contributed by atoms with Gasteiger partial charge in [0.05, 0.1) is 35.3 Å². The van der Waals surface area contributed by atoms with Crippen molar-refractivity contribution in [3.05, 3.63) is 34.8 Å². The van der Waals surface area contributed by atoms with Gasteiger partial charge in [-0.15, -0.1) is 0 Å². The second kappa shape index (κ2) is 6.03. The van der Waals surface area contributed by atoms with Crippen LogP contribution in [0.25, 0.3) is 6.08 Å². The number of nitrogens with zero attached hydrogens (tertiary/aromatic N) is 1. The zero-order valence-electron chi connectivity index (χ0n) is 13.5. The number of pyridine rings is 1. The van der Waals surface area contributed by atoms with E-state index in [-0.39, 0.29) is 12.3 Å². The molecule has 2 N–H and O–H groups in total. The molecule has 2 heterocycles. The number of aliphatic hydroxyl groups is 1. The fourth-order valence-corrected chi connectivity index (χ4v) is 2.07. The molecule has 0 radical (unpaired) electrons. The highest BCUT2D eigenvalue weighted by atomic mass is 19.1. The lowest BCUT2D eigenvalue weighted by Gasteiger charge is -2.32. The molecule has 1 saturated heterocycles. The van der Waals surface area contributed by atoms with Crippen LogP contribution in [0.1, 0.15) is 43.7 Å². The molecule has 0 amide bonds. The molecule has 0 saturated carbocycles. The molecule has 1 fully saturated rings. The van der Waals surface area contributed by atoms with Gasteiger partial charge in [-0.3, -0.25) is 4.98 Å². The Morgan fingerprint density at radius 1 is 1.35 bits per heavy atom. The average molecular weight is 323 g/mol. The van der Waals surface area contributed by atoms with Crippen molar-refractivity contribution in [1.82, 2.24) is 4.98 Å². The van der Waals surface area contributed by atoms with Crippen LogP contribution in [-0.2, 0) is 9.31 Å². The van der Waals surface area contributed by atoms with E-state index in [4.69, 9.17) is 14.4 Å². The minimum absolute atomic E-state index is 0.197. The van der Waals surface area contributed by atoms with Crippen molar-refractivity contribution in [2.75, 3.05) is 6.61 Å². The molecule has 0 bridgehead atoms. The van der Waals surface area contributed by atoms with Crippen LogP contribution in [0, 0.1) is 5.82 Å². The van der Waals surface area contributed by atoms with Crippen molar-refractivity contribution in [1.29, 1.82) is 0 Å². The van der Waals surface area contributed by atoms with Crippen molar-refractivity contribution < 1.29 is 28.7 Å². The van der Waals surface area contributed by atoms with E-state index in [1.54, 1.807) is 0 Å². The minimum Gasteiger partial charge on any atom is -0.478 e. The summed E-state index contributed by atoms with van der Waals surface area (Å²) in [5.41, 5.74) is -1.07. The first-order chi connectivity index (χ1) is 10.6. The Balaban J connectivity index is 2.34. The van der Waals surface area contributed by atoms with E-state index in [0.717, 1.165) is 12.3 Å². The van der Waals surface area contributed by atoms with Gasteiger partial charge in [0.2, 0.25) is 0 Å². The molecule has 6 nitrogen and oxygen atoms in total. The molecular weight excluding hydrogens is 304 g/mol. The van der Waals surface area contributed by atoms with Crippen LogP contribution in [0.15, 0.2) is 17.7 Å². The van der Waals surface area contributed by atoms with E-state index in [0.29, 0.717) is 5.47 Å². The summed E-state index contributed by atoms with van der Waals surface area (Å²) >= 11 is 0. The third-order valence-corrected chi connectivity index (χ3v) is 4.18. The van der Waals surface area contributed by atoms with E-state index in [2.05, 4.69) is 4.98 Å². The maximum absolute atomic E-state index is 13.4. The highest BCUT2D eigenvalue weighted by Crippen LogP contribution is 2.38. The van der Waals surface area contributed by atoms with Gasteiger partial charge in [0, 0.05) is 0 Å². The monoisotopic (exact) mass is 323 g/mol. The molecule has 2 rings (SSSR count). The summed E-state index contributed by atoms with van der Waals surface area (Å²) in [5.74, 6) is -2.31. The molecule has 1 aliphatic rings. The lowest BCUT2D eigenvalue weighted by atomic mass is 9.78. The van der Waals surface area contributed by atoms with Crippen molar-refractivity contribution in [3.8, 4) is 0 Å². The first kappa shape index (κ1) is 17.6. The molecule has 0 atom stereocenters. The van der Waals surface area contributed by atoms with Crippen molar-refractivity contribution in [2.45, 2.75) is 38.9 Å². The van der Waals surface area contributed by atoms with Gasteiger partial charge in [-0.05, 0) is 45.3 Å². The quantitative estimate of drug-likeness (QED) is 0.823. The fourth-order valence-electron chi connectivity index (χ4n) is 2.07. The van der Waals surface area contributed by atoms with Gasteiger partial charge in [-0.25, -0.2) is 9.18 Å². The van der Waals surface area contributed by atoms with Crippen LogP contribution in [0.4, 0.5) is 4.39 Å². The summed E-state index contributed by atoms with van der Waals surface area (Å²) < 4.78 is 25.0. The van der Waals surface area contributed by atoms with E-state index in [1.165, 1.54) is 6.08 Å². The summed E-state index contributed by atoms with van der Waals surface area (Å²) in [7, 11) is -0.787. The highest BCUT2D eigenvalue weighted by molar-refractivity contribution is 6.55. The number of carboxylic acids is 1. The van der Waals surface area contributed by atoms with Gasteiger partial charge in [0.25, 0.3) is 0 Å². The Labute approximate surface area is 134 Å². The second-order valence-electron chi connectivity index (χ2n) is 6.36. The number of aliphatic hydroxyl groups excluding tert-OH is 1. The largest absolute Gasteiger partial charge is 0.492 e. The Morgan fingerprint density at radius 2 is 1.91 bits per heavy atom. The van der Waals surface area contributed by atoms with E-state index in [9.17, 15) is 14.3 Å². The second-order valence-corrected chi connectivity index (χ2v) is 6.36. The smallest absolute Gasteiger partial charge is 0.478 e. The predicted octanol–water partition coefficient (Wildman–Crippen LogP) is 1.93. The van der Waals surface area contributed by atoms with Gasteiger partial charge in [0.1, 0.15) is 0 Å². The first-order valence-corrected chi connectivity index (χ1v) is 7.13. The summed E-state index contributed by atoms with van der Waals surface area (Å²) in [6.07, 6.45) is 2.27. The van der Waals surface area contributed by atoms with Crippen LogP contribution in [0.5, 0.6) is 0 Å². The van der Waals surface area contributed by atoms with E-state index in [1.807, 2.05) is 27.7 Å². The molecule has 0 aromatic carbocycles. The Hall–Kier alpha value is -1.77. The van der Waals surface area contributed by atoms with Gasteiger partial charge >= 0.3 is 13.1 Å². The minimum atomic E-state index is -1.39. The SMILES string of the molecule is CC1(C)OB(C(=Cc2cc(C(=O)O)c(F)cn2)CO)OC1(C)C. The molecule has 23 heavy (non-hydrogen) atoms. The third kappa shape index (κ3) is 3.44. The third-order valence-electron chi connectivity index (χ3n) is 4.18. The number of hydrogen-bond acceptors (Lipinski definition) is 5. The lowest BCUT2D eigenvalue weighted by Crippen LogP contribution is -2.41. The number of carboxylic acid groups (broad SMARTS) is 1. The molecule has 0 spiro atoms. The van der Waals surface area contributed by atoms with Crippen molar-refractivity contribution >= 4 is 19.2 Å². The number of rotatable bonds is 4. The number of halogens is 1. The van der Waals surface area contributed by atoms with Gasteiger partial charge in [0.15, 0.2) is 5.82 Å². The molecule has 1 aromatic heterocycles. The topological polar surface area (TPSA) is 88.9 Å². The zero-order chi connectivity index (χ0) is 17.4. The van der Waals surface area contributed by atoms with E-state index < -0.39 is 35.7 Å². The van der Waals surface area contributed by atoms with Crippen molar-refractivity contribution in [2.24, 2.45) is 0 Å². The maximum Gasteiger partial charge on any atom is 0.492 e. The van der Waals surface area contributed by atoms with Gasteiger partial charge in [-0.1, -0.05) is 0 Å². The van der Waals surface area contributed by atoms with Crippen LogP contribution in [0.2, 0.25) is 0 Å². The predicted molar refractivity (Wildman–Crippen MR) is 82.3 cm³/mol. The van der Waals surface area contributed by atoms with Crippen LogP contribution in [-0.4, -0.2) is 46.1 Å².